The third-order valence-electron chi connectivity index (χ3n) is 6.39. The van der Waals surface area contributed by atoms with Gasteiger partial charge in [-0.3, -0.25) is 13.9 Å². The van der Waals surface area contributed by atoms with Crippen molar-refractivity contribution in [2.75, 3.05) is 31.3 Å². The molecular formula is C30H35Cl2N3O6S. The molecule has 12 heteroatoms. The second kappa shape index (κ2) is 14.6. The van der Waals surface area contributed by atoms with Crippen LogP contribution in [0.2, 0.25) is 10.0 Å². The quantitative estimate of drug-likeness (QED) is 0.285. The van der Waals surface area contributed by atoms with Crippen molar-refractivity contribution in [2.24, 2.45) is 0 Å². The van der Waals surface area contributed by atoms with Crippen LogP contribution in [0.4, 0.5) is 5.69 Å². The van der Waals surface area contributed by atoms with Gasteiger partial charge in [-0.05, 0) is 49.2 Å². The molecular weight excluding hydrogens is 601 g/mol. The lowest BCUT2D eigenvalue weighted by atomic mass is 10.0. The summed E-state index contributed by atoms with van der Waals surface area (Å²) in [5.74, 6) is -0.308. The largest absolute Gasteiger partial charge is 0.493 e. The summed E-state index contributed by atoms with van der Waals surface area (Å²) in [6.07, 6.45) is 1.19. The summed E-state index contributed by atoms with van der Waals surface area (Å²) >= 11 is 12.6. The Labute approximate surface area is 257 Å². The van der Waals surface area contributed by atoms with Crippen LogP contribution >= 0.6 is 23.2 Å². The summed E-state index contributed by atoms with van der Waals surface area (Å²) in [5.41, 5.74) is 1.56. The molecule has 0 aliphatic carbocycles. The zero-order chi connectivity index (χ0) is 31.0. The number of hydrogen-bond donors (Lipinski definition) is 1. The molecule has 0 heterocycles. The van der Waals surface area contributed by atoms with E-state index in [1.54, 1.807) is 24.3 Å². The predicted molar refractivity (Wildman–Crippen MR) is 166 cm³/mol. The number of hydrogen-bond acceptors (Lipinski definition) is 6. The molecule has 0 spiro atoms. The number of anilines is 1. The van der Waals surface area contributed by atoms with Crippen molar-refractivity contribution in [3.8, 4) is 11.5 Å². The number of nitrogens with one attached hydrogen (secondary N) is 1. The average Bonchev–Trinajstić information content (AvgIpc) is 2.93. The summed E-state index contributed by atoms with van der Waals surface area (Å²) in [5, 5.41) is 3.62. The minimum Gasteiger partial charge on any atom is -0.493 e. The predicted octanol–water partition coefficient (Wildman–Crippen LogP) is 4.94. The number of methoxy groups -OCH3 is 2. The summed E-state index contributed by atoms with van der Waals surface area (Å²) in [6, 6.07) is 17.5. The molecule has 0 radical (unpaired) electrons. The van der Waals surface area contributed by atoms with Crippen molar-refractivity contribution in [3.63, 3.8) is 0 Å². The first-order valence-corrected chi connectivity index (χ1v) is 15.7. The van der Waals surface area contributed by atoms with Crippen molar-refractivity contribution in [2.45, 2.75) is 38.9 Å². The molecule has 42 heavy (non-hydrogen) atoms. The molecule has 9 nitrogen and oxygen atoms in total. The smallest absolute Gasteiger partial charge is 0.244 e. The number of amides is 2. The Morgan fingerprint density at radius 2 is 1.60 bits per heavy atom. The van der Waals surface area contributed by atoms with Gasteiger partial charge in [-0.15, -0.1) is 0 Å². The third kappa shape index (κ3) is 8.77. The minimum atomic E-state index is -3.96. The molecule has 0 bridgehead atoms. The SMILES string of the molecule is COc1ccc(N(CC(=O)N(Cc2ccc(Cl)cc2Cl)[C@@H](Cc2ccccc2)C(=O)NC(C)C)S(C)(=O)=O)cc1OC. The molecule has 3 aromatic carbocycles. The Balaban J connectivity index is 2.10. The number of rotatable bonds is 13. The average molecular weight is 637 g/mol. The summed E-state index contributed by atoms with van der Waals surface area (Å²) in [6.45, 7) is 2.99. The zero-order valence-corrected chi connectivity index (χ0v) is 26.5. The van der Waals surface area contributed by atoms with Crippen molar-refractivity contribution >= 4 is 50.7 Å². The maximum atomic E-state index is 14.2. The molecule has 1 atom stereocenters. The Morgan fingerprint density at radius 1 is 0.929 bits per heavy atom. The van der Waals surface area contributed by atoms with Gasteiger partial charge in [0.25, 0.3) is 0 Å². The standard InChI is InChI=1S/C30H35Cl2N3O6S/c1-20(2)33-30(37)26(15-21-9-7-6-8-10-21)34(18-22-11-12-23(31)16-25(22)32)29(36)19-35(42(5,38)39)24-13-14-27(40-3)28(17-24)41-4/h6-14,16-17,20,26H,15,18-19H2,1-5H3,(H,33,37)/t26-/m0/s1. The second-order valence-corrected chi connectivity index (χ2v) is 12.7. The minimum absolute atomic E-state index is 0.0681. The lowest BCUT2D eigenvalue weighted by molar-refractivity contribution is -0.140. The van der Waals surface area contributed by atoms with E-state index in [1.807, 2.05) is 44.2 Å². The highest BCUT2D eigenvalue weighted by Crippen LogP contribution is 2.33. The number of carbonyl (C=O) groups is 2. The first kappa shape index (κ1) is 33.0. The van der Waals surface area contributed by atoms with Crippen LogP contribution < -0.4 is 19.1 Å². The third-order valence-corrected chi connectivity index (χ3v) is 8.12. The summed E-state index contributed by atoms with van der Waals surface area (Å²) in [4.78, 5) is 29.1. The molecule has 0 aliphatic heterocycles. The molecule has 1 N–H and O–H groups in total. The molecule has 3 rings (SSSR count). The van der Waals surface area contributed by atoms with Crippen LogP contribution in [0.15, 0.2) is 66.7 Å². The fraction of sp³-hybridized carbons (Fsp3) is 0.333. The van der Waals surface area contributed by atoms with E-state index in [4.69, 9.17) is 32.7 Å². The lowest BCUT2D eigenvalue weighted by Gasteiger charge is -2.34. The normalized spacial score (nSPS) is 12.0. The van der Waals surface area contributed by atoms with E-state index in [1.165, 1.54) is 31.3 Å². The van der Waals surface area contributed by atoms with E-state index >= 15 is 0 Å². The van der Waals surface area contributed by atoms with E-state index in [2.05, 4.69) is 5.32 Å². The Hall–Kier alpha value is -3.47. The maximum absolute atomic E-state index is 14.2. The van der Waals surface area contributed by atoms with Crippen LogP contribution in [-0.4, -0.2) is 64.2 Å². The maximum Gasteiger partial charge on any atom is 0.244 e. The molecule has 0 saturated heterocycles. The molecule has 0 saturated carbocycles. The molecule has 3 aromatic rings. The fourth-order valence-corrected chi connectivity index (χ4v) is 5.67. The van der Waals surface area contributed by atoms with Crippen molar-refractivity contribution < 1.29 is 27.5 Å². The van der Waals surface area contributed by atoms with Gasteiger partial charge in [0, 0.05) is 35.1 Å². The number of halogens is 2. The Bertz CT molecular complexity index is 1500. The van der Waals surface area contributed by atoms with Crippen LogP contribution in [0.25, 0.3) is 0 Å². The number of carbonyl (C=O) groups excluding carboxylic acids is 2. The first-order valence-electron chi connectivity index (χ1n) is 13.1. The van der Waals surface area contributed by atoms with Crippen molar-refractivity contribution in [1.29, 1.82) is 0 Å². The highest BCUT2D eigenvalue weighted by Gasteiger charge is 2.34. The van der Waals surface area contributed by atoms with Crippen LogP contribution in [-0.2, 0) is 32.6 Å². The van der Waals surface area contributed by atoms with Crippen LogP contribution in [0, 0.1) is 0 Å². The van der Waals surface area contributed by atoms with E-state index in [-0.39, 0.29) is 30.6 Å². The molecule has 0 aromatic heterocycles. The Kier molecular flexibility index (Phi) is 11.5. The second-order valence-electron chi connectivity index (χ2n) is 9.94. The molecule has 0 fully saturated rings. The van der Waals surface area contributed by atoms with Crippen molar-refractivity contribution in [3.05, 3.63) is 87.9 Å². The molecule has 2 amide bonds. The van der Waals surface area contributed by atoms with E-state index in [9.17, 15) is 18.0 Å². The van der Waals surface area contributed by atoms with Gasteiger partial charge in [0.2, 0.25) is 21.8 Å². The highest BCUT2D eigenvalue weighted by molar-refractivity contribution is 7.92. The van der Waals surface area contributed by atoms with Crippen molar-refractivity contribution in [1.82, 2.24) is 10.2 Å². The summed E-state index contributed by atoms with van der Waals surface area (Å²) in [7, 11) is -1.07. The number of benzene rings is 3. The lowest BCUT2D eigenvalue weighted by Crippen LogP contribution is -2.54. The Morgan fingerprint density at radius 3 is 2.17 bits per heavy atom. The molecule has 0 unspecified atom stereocenters. The monoisotopic (exact) mass is 635 g/mol. The first-order chi connectivity index (χ1) is 19.8. The van der Waals surface area contributed by atoms with Crippen LogP contribution in [0.5, 0.6) is 11.5 Å². The van der Waals surface area contributed by atoms with Gasteiger partial charge in [-0.2, -0.15) is 0 Å². The number of ether oxygens (including phenoxy) is 2. The summed E-state index contributed by atoms with van der Waals surface area (Å²) < 4.78 is 37.6. The van der Waals surface area contributed by atoms with Gasteiger partial charge >= 0.3 is 0 Å². The molecule has 226 valence electrons. The zero-order valence-electron chi connectivity index (χ0n) is 24.1. The highest BCUT2D eigenvalue weighted by atomic mass is 35.5. The van der Waals surface area contributed by atoms with E-state index < -0.39 is 28.5 Å². The number of sulfonamides is 1. The van der Waals surface area contributed by atoms with Gasteiger partial charge in [0.15, 0.2) is 11.5 Å². The van der Waals surface area contributed by atoms with Gasteiger partial charge in [-0.1, -0.05) is 59.6 Å². The topological polar surface area (TPSA) is 105 Å². The molecule has 0 aliphatic rings. The fourth-order valence-electron chi connectivity index (χ4n) is 4.36. The van der Waals surface area contributed by atoms with E-state index in [0.29, 0.717) is 27.1 Å². The van der Waals surface area contributed by atoms with Gasteiger partial charge < -0.3 is 19.7 Å². The van der Waals surface area contributed by atoms with Crippen LogP contribution in [0.3, 0.4) is 0 Å². The van der Waals surface area contributed by atoms with Gasteiger partial charge in [-0.25, -0.2) is 8.42 Å². The van der Waals surface area contributed by atoms with Gasteiger partial charge in [0.1, 0.15) is 12.6 Å². The number of nitrogens with zero attached hydrogens (tertiary/aromatic N) is 2. The van der Waals surface area contributed by atoms with Crippen LogP contribution in [0.1, 0.15) is 25.0 Å². The van der Waals surface area contributed by atoms with E-state index in [0.717, 1.165) is 16.1 Å². The van der Waals surface area contributed by atoms with Gasteiger partial charge in [0.05, 0.1) is 26.2 Å².